The molecular formula is C8H11NO3. The molecule has 0 aromatic rings. The van der Waals surface area contributed by atoms with Crippen molar-refractivity contribution in [3.05, 3.63) is 0 Å². The third-order valence-corrected chi connectivity index (χ3v) is 2.38. The van der Waals surface area contributed by atoms with Crippen LogP contribution >= 0.6 is 0 Å². The summed E-state index contributed by atoms with van der Waals surface area (Å²) in [7, 11) is 0. The minimum Gasteiger partial charge on any atom is -0.345 e. The Hall–Kier alpha value is -0.900. The second kappa shape index (κ2) is 2.55. The summed E-state index contributed by atoms with van der Waals surface area (Å²) in [5, 5.41) is 0. The molecule has 66 valence electrons. The summed E-state index contributed by atoms with van der Waals surface area (Å²) in [6.45, 7) is 1.40. The summed E-state index contributed by atoms with van der Waals surface area (Å²) < 4.78 is 5.34. The van der Waals surface area contributed by atoms with Crippen molar-refractivity contribution in [2.75, 3.05) is 0 Å². The van der Waals surface area contributed by atoms with Crippen molar-refractivity contribution >= 4 is 11.8 Å². The molecule has 0 aromatic heterocycles. The first kappa shape index (κ1) is 7.73. The van der Waals surface area contributed by atoms with Crippen LogP contribution < -0.4 is 0 Å². The second-order valence-electron chi connectivity index (χ2n) is 3.24. The van der Waals surface area contributed by atoms with Crippen molar-refractivity contribution in [2.45, 2.75) is 38.5 Å². The summed E-state index contributed by atoms with van der Waals surface area (Å²) in [5.74, 6) is -0.348. The standard InChI is InChI=1S/C8H11NO3/c1-5(10)9-7-4-2-3-6(12-7)8(9)11/h6-7H,2-4H2,1H3. The maximum Gasteiger partial charge on any atom is 0.260 e. The van der Waals surface area contributed by atoms with Gasteiger partial charge in [-0.1, -0.05) is 0 Å². The fourth-order valence-corrected chi connectivity index (χ4v) is 1.83. The highest BCUT2D eigenvalue weighted by Gasteiger charge is 2.44. The molecule has 4 nitrogen and oxygen atoms in total. The van der Waals surface area contributed by atoms with Gasteiger partial charge in [0.15, 0.2) is 0 Å². The molecule has 2 rings (SSSR count). The molecule has 4 heteroatoms. The fourth-order valence-electron chi connectivity index (χ4n) is 1.83. The van der Waals surface area contributed by atoms with Gasteiger partial charge in [-0.2, -0.15) is 0 Å². The van der Waals surface area contributed by atoms with Gasteiger partial charge in [0, 0.05) is 6.92 Å². The molecule has 0 aliphatic carbocycles. The van der Waals surface area contributed by atoms with E-state index in [0.717, 1.165) is 19.3 Å². The lowest BCUT2D eigenvalue weighted by Crippen LogP contribution is -2.37. The van der Waals surface area contributed by atoms with E-state index in [1.165, 1.54) is 11.8 Å². The van der Waals surface area contributed by atoms with Gasteiger partial charge in [0.1, 0.15) is 12.3 Å². The van der Waals surface area contributed by atoms with Crippen LogP contribution in [0.2, 0.25) is 0 Å². The molecule has 12 heavy (non-hydrogen) atoms. The summed E-state index contributed by atoms with van der Waals surface area (Å²) in [6.07, 6.45) is 1.92. The predicted molar refractivity (Wildman–Crippen MR) is 40.0 cm³/mol. The first-order chi connectivity index (χ1) is 5.70. The highest BCUT2D eigenvalue weighted by atomic mass is 16.5. The van der Waals surface area contributed by atoms with Crippen molar-refractivity contribution in [1.29, 1.82) is 0 Å². The van der Waals surface area contributed by atoms with E-state index in [9.17, 15) is 9.59 Å². The Morgan fingerprint density at radius 3 is 2.92 bits per heavy atom. The van der Waals surface area contributed by atoms with Crippen LogP contribution in [0, 0.1) is 0 Å². The molecule has 2 unspecified atom stereocenters. The average Bonchev–Trinajstić information content (AvgIpc) is 2.24. The lowest BCUT2D eigenvalue weighted by molar-refractivity contribution is -0.143. The molecule has 0 radical (unpaired) electrons. The topological polar surface area (TPSA) is 46.6 Å². The number of amides is 2. The number of carbonyl (C=O) groups excluding carboxylic acids is 2. The maximum atomic E-state index is 11.4. The monoisotopic (exact) mass is 169 g/mol. The number of likely N-dealkylation sites (tertiary alicyclic amines) is 1. The number of imide groups is 1. The molecule has 2 bridgehead atoms. The van der Waals surface area contributed by atoms with E-state index < -0.39 is 0 Å². The molecule has 0 aromatic carbocycles. The molecule has 2 heterocycles. The summed E-state index contributed by atoms with van der Waals surface area (Å²) in [5.41, 5.74) is 0. The van der Waals surface area contributed by atoms with Crippen molar-refractivity contribution in [3.63, 3.8) is 0 Å². The van der Waals surface area contributed by atoms with Crippen LogP contribution in [-0.2, 0) is 14.3 Å². The summed E-state index contributed by atoms with van der Waals surface area (Å²) >= 11 is 0. The molecule has 2 aliphatic rings. The number of fused-ring (bicyclic) bond motifs is 2. The van der Waals surface area contributed by atoms with Gasteiger partial charge in [-0.05, 0) is 19.3 Å². The quantitative estimate of drug-likeness (QED) is 0.523. The van der Waals surface area contributed by atoms with Gasteiger partial charge < -0.3 is 4.74 Å². The molecule has 0 N–H and O–H groups in total. The zero-order valence-electron chi connectivity index (χ0n) is 6.95. The van der Waals surface area contributed by atoms with E-state index in [1.807, 2.05) is 0 Å². The van der Waals surface area contributed by atoms with Gasteiger partial charge in [-0.15, -0.1) is 0 Å². The first-order valence-electron chi connectivity index (χ1n) is 4.19. The molecule has 2 amide bonds. The SMILES string of the molecule is CC(=O)N1C(=O)C2CCCC1O2. The van der Waals surface area contributed by atoms with E-state index in [2.05, 4.69) is 0 Å². The van der Waals surface area contributed by atoms with Crippen LogP contribution in [0.25, 0.3) is 0 Å². The van der Waals surface area contributed by atoms with E-state index in [0.29, 0.717) is 0 Å². The van der Waals surface area contributed by atoms with Crippen molar-refractivity contribution < 1.29 is 14.3 Å². The lowest BCUT2D eigenvalue weighted by Gasteiger charge is -2.20. The van der Waals surface area contributed by atoms with Crippen LogP contribution in [0.1, 0.15) is 26.2 Å². The predicted octanol–water partition coefficient (Wildman–Crippen LogP) is 0.270. The Labute approximate surface area is 70.5 Å². The van der Waals surface area contributed by atoms with Gasteiger partial charge in [0.05, 0.1) is 0 Å². The number of ether oxygens (including phenoxy) is 1. The molecule has 2 atom stereocenters. The Morgan fingerprint density at radius 2 is 2.33 bits per heavy atom. The molecule has 2 saturated heterocycles. The van der Waals surface area contributed by atoms with Crippen molar-refractivity contribution in [1.82, 2.24) is 4.90 Å². The first-order valence-corrected chi connectivity index (χ1v) is 4.19. The Bertz CT molecular complexity index is 238. The summed E-state index contributed by atoms with van der Waals surface area (Å²) in [4.78, 5) is 23.7. The summed E-state index contributed by atoms with van der Waals surface area (Å²) in [6, 6.07) is 0. The maximum absolute atomic E-state index is 11.4. The van der Waals surface area contributed by atoms with E-state index in [1.54, 1.807) is 0 Å². The van der Waals surface area contributed by atoms with Gasteiger partial charge >= 0.3 is 0 Å². The zero-order chi connectivity index (χ0) is 8.72. The molecular weight excluding hydrogens is 158 g/mol. The molecule has 2 fully saturated rings. The molecule has 0 spiro atoms. The fraction of sp³-hybridized carbons (Fsp3) is 0.750. The van der Waals surface area contributed by atoms with Gasteiger partial charge in [-0.25, -0.2) is 0 Å². The third-order valence-electron chi connectivity index (χ3n) is 2.38. The van der Waals surface area contributed by atoms with Gasteiger partial charge in [0.25, 0.3) is 5.91 Å². The van der Waals surface area contributed by atoms with Crippen LogP contribution in [0.3, 0.4) is 0 Å². The number of hydrogen-bond acceptors (Lipinski definition) is 3. The zero-order valence-corrected chi connectivity index (χ0v) is 6.95. The Kier molecular flexibility index (Phi) is 1.65. The Morgan fingerprint density at radius 1 is 1.58 bits per heavy atom. The normalized spacial score (nSPS) is 34.1. The van der Waals surface area contributed by atoms with Gasteiger partial charge in [0.2, 0.25) is 5.91 Å². The Balaban J connectivity index is 2.24. The third kappa shape index (κ3) is 0.948. The number of hydrogen-bond donors (Lipinski definition) is 0. The second-order valence-corrected chi connectivity index (χ2v) is 3.24. The number of rotatable bonds is 0. The number of nitrogens with zero attached hydrogens (tertiary/aromatic N) is 1. The number of carbonyl (C=O) groups is 2. The van der Waals surface area contributed by atoms with Crippen molar-refractivity contribution in [2.24, 2.45) is 0 Å². The highest BCUT2D eigenvalue weighted by molar-refractivity contribution is 5.98. The minimum absolute atomic E-state index is 0.148. The van der Waals surface area contributed by atoms with Gasteiger partial charge in [-0.3, -0.25) is 14.5 Å². The van der Waals surface area contributed by atoms with Crippen LogP contribution in [0.5, 0.6) is 0 Å². The van der Waals surface area contributed by atoms with E-state index in [-0.39, 0.29) is 24.1 Å². The highest BCUT2D eigenvalue weighted by Crippen LogP contribution is 2.30. The van der Waals surface area contributed by atoms with E-state index >= 15 is 0 Å². The smallest absolute Gasteiger partial charge is 0.260 e. The largest absolute Gasteiger partial charge is 0.345 e. The van der Waals surface area contributed by atoms with Crippen molar-refractivity contribution in [3.8, 4) is 0 Å². The van der Waals surface area contributed by atoms with E-state index in [4.69, 9.17) is 4.74 Å². The minimum atomic E-state index is -0.340. The van der Waals surface area contributed by atoms with Crippen LogP contribution in [0.4, 0.5) is 0 Å². The molecule has 0 saturated carbocycles. The average molecular weight is 169 g/mol. The van der Waals surface area contributed by atoms with Crippen LogP contribution in [-0.4, -0.2) is 29.0 Å². The van der Waals surface area contributed by atoms with Crippen LogP contribution in [0.15, 0.2) is 0 Å². The lowest BCUT2D eigenvalue weighted by atomic mass is 10.1. The molecule has 2 aliphatic heterocycles.